The molecule has 4 aromatic rings. The third kappa shape index (κ3) is 2.97. The van der Waals surface area contributed by atoms with E-state index in [1.165, 1.54) is 0 Å². The number of aliphatic carboxylic acids is 1. The maximum Gasteiger partial charge on any atom is 0.322 e. The Kier molecular flexibility index (Phi) is 3.81. The molecule has 4 heterocycles. The van der Waals surface area contributed by atoms with Gasteiger partial charge in [0.1, 0.15) is 23.8 Å². The molecule has 26 heavy (non-hydrogen) atoms. The Bertz CT molecular complexity index is 1090. The van der Waals surface area contributed by atoms with Gasteiger partial charge in [0.15, 0.2) is 5.82 Å². The molecule has 4 rings (SSSR count). The second-order valence-corrected chi connectivity index (χ2v) is 5.65. The summed E-state index contributed by atoms with van der Waals surface area (Å²) >= 11 is 0. The molecule has 4 aromatic heterocycles. The number of aromatic nitrogens is 6. The SMILES string of the molecule is Cc1nc(-c2cc(NCC(=O)O)nc3[nH]ccc23)cc(-n2cccn2)n1. The van der Waals surface area contributed by atoms with Gasteiger partial charge in [-0.3, -0.25) is 4.79 Å². The average Bonchev–Trinajstić information content (AvgIpc) is 3.30. The third-order valence-corrected chi connectivity index (χ3v) is 3.79. The first kappa shape index (κ1) is 15.8. The van der Waals surface area contributed by atoms with Crippen LogP contribution in [-0.4, -0.2) is 47.3 Å². The maximum atomic E-state index is 10.8. The Morgan fingerprint density at radius 3 is 2.96 bits per heavy atom. The second-order valence-electron chi connectivity index (χ2n) is 5.65. The van der Waals surface area contributed by atoms with Crippen molar-refractivity contribution < 1.29 is 9.90 Å². The third-order valence-electron chi connectivity index (χ3n) is 3.79. The van der Waals surface area contributed by atoms with Crippen LogP contribution in [0, 0.1) is 6.92 Å². The molecule has 0 aliphatic heterocycles. The van der Waals surface area contributed by atoms with Crippen LogP contribution < -0.4 is 5.32 Å². The molecule has 0 amide bonds. The van der Waals surface area contributed by atoms with Crippen molar-refractivity contribution in [2.24, 2.45) is 0 Å². The highest BCUT2D eigenvalue weighted by molar-refractivity contribution is 5.94. The summed E-state index contributed by atoms with van der Waals surface area (Å²) in [6.07, 6.45) is 5.27. The standard InChI is InChI=1S/C17H15N7O2/c1-10-21-13(8-15(22-10)24-6-2-4-20-24)12-7-14(19-9-16(25)26)23-17-11(12)3-5-18-17/h2-8H,9H2,1H3,(H,25,26)(H2,18,19,23). The van der Waals surface area contributed by atoms with Gasteiger partial charge in [-0.05, 0) is 25.1 Å². The highest BCUT2D eigenvalue weighted by Crippen LogP contribution is 2.29. The molecule has 0 unspecified atom stereocenters. The molecule has 0 radical (unpaired) electrons. The summed E-state index contributed by atoms with van der Waals surface area (Å²) in [5, 5.41) is 16.8. The topological polar surface area (TPSA) is 122 Å². The van der Waals surface area contributed by atoms with Gasteiger partial charge >= 0.3 is 5.97 Å². The first-order valence-corrected chi connectivity index (χ1v) is 7.90. The zero-order valence-corrected chi connectivity index (χ0v) is 13.8. The van der Waals surface area contributed by atoms with Crippen molar-refractivity contribution in [1.82, 2.24) is 29.7 Å². The number of pyridine rings is 1. The van der Waals surface area contributed by atoms with E-state index in [0.717, 1.165) is 10.9 Å². The van der Waals surface area contributed by atoms with E-state index >= 15 is 0 Å². The minimum absolute atomic E-state index is 0.222. The highest BCUT2D eigenvalue weighted by Gasteiger charge is 2.13. The van der Waals surface area contributed by atoms with Crippen molar-refractivity contribution >= 4 is 22.8 Å². The molecule has 0 saturated carbocycles. The van der Waals surface area contributed by atoms with Crippen LogP contribution in [0.2, 0.25) is 0 Å². The van der Waals surface area contributed by atoms with Crippen molar-refractivity contribution in [3.63, 3.8) is 0 Å². The van der Waals surface area contributed by atoms with Crippen molar-refractivity contribution in [3.8, 4) is 17.1 Å². The Hall–Kier alpha value is -3.75. The lowest BCUT2D eigenvalue weighted by atomic mass is 10.1. The lowest BCUT2D eigenvalue weighted by Crippen LogP contribution is -2.13. The van der Waals surface area contributed by atoms with Gasteiger partial charge in [0.2, 0.25) is 0 Å². The van der Waals surface area contributed by atoms with Gasteiger partial charge in [-0.2, -0.15) is 5.10 Å². The van der Waals surface area contributed by atoms with E-state index in [1.807, 2.05) is 31.3 Å². The fraction of sp³-hybridized carbons (Fsp3) is 0.118. The van der Waals surface area contributed by atoms with Gasteiger partial charge in [0.25, 0.3) is 0 Å². The van der Waals surface area contributed by atoms with E-state index in [0.29, 0.717) is 28.8 Å². The van der Waals surface area contributed by atoms with Crippen LogP contribution in [0.25, 0.3) is 28.1 Å². The number of nitrogens with one attached hydrogen (secondary N) is 2. The Morgan fingerprint density at radius 1 is 1.31 bits per heavy atom. The predicted octanol–water partition coefficient (Wildman–Crippen LogP) is 2.01. The largest absolute Gasteiger partial charge is 0.480 e. The average molecular weight is 349 g/mol. The molecule has 0 saturated heterocycles. The molecule has 9 heteroatoms. The summed E-state index contributed by atoms with van der Waals surface area (Å²) in [7, 11) is 0. The first-order chi connectivity index (χ1) is 12.6. The lowest BCUT2D eigenvalue weighted by Gasteiger charge is -2.10. The number of nitrogens with zero attached hydrogens (tertiary/aromatic N) is 5. The summed E-state index contributed by atoms with van der Waals surface area (Å²) in [6.45, 7) is 1.59. The fourth-order valence-electron chi connectivity index (χ4n) is 2.72. The summed E-state index contributed by atoms with van der Waals surface area (Å²) in [5.41, 5.74) is 2.17. The number of carboxylic acid groups (broad SMARTS) is 1. The summed E-state index contributed by atoms with van der Waals surface area (Å²) < 4.78 is 1.66. The number of fused-ring (bicyclic) bond motifs is 1. The minimum atomic E-state index is -0.959. The molecule has 0 aliphatic carbocycles. The minimum Gasteiger partial charge on any atom is -0.480 e. The van der Waals surface area contributed by atoms with Crippen molar-refractivity contribution in [2.75, 3.05) is 11.9 Å². The number of carbonyl (C=O) groups is 1. The van der Waals surface area contributed by atoms with E-state index < -0.39 is 5.97 Å². The Balaban J connectivity index is 1.85. The summed E-state index contributed by atoms with van der Waals surface area (Å²) in [5.74, 6) is 0.750. The van der Waals surface area contributed by atoms with E-state index in [-0.39, 0.29) is 6.54 Å². The lowest BCUT2D eigenvalue weighted by molar-refractivity contribution is -0.134. The monoisotopic (exact) mass is 349 g/mol. The molecular formula is C17H15N7O2. The molecule has 0 atom stereocenters. The number of aryl methyl sites for hydroxylation is 1. The molecule has 130 valence electrons. The number of aromatic amines is 1. The Morgan fingerprint density at radius 2 is 2.19 bits per heavy atom. The van der Waals surface area contributed by atoms with Crippen molar-refractivity contribution in [1.29, 1.82) is 0 Å². The zero-order chi connectivity index (χ0) is 18.1. The predicted molar refractivity (Wildman–Crippen MR) is 95.1 cm³/mol. The van der Waals surface area contributed by atoms with Crippen LogP contribution in [-0.2, 0) is 4.79 Å². The Labute approximate surface area is 147 Å². The van der Waals surface area contributed by atoms with Gasteiger partial charge in [-0.15, -0.1) is 0 Å². The molecule has 3 N–H and O–H groups in total. The van der Waals surface area contributed by atoms with Crippen molar-refractivity contribution in [2.45, 2.75) is 6.92 Å². The van der Waals surface area contributed by atoms with E-state index in [4.69, 9.17) is 5.11 Å². The number of hydrogen-bond acceptors (Lipinski definition) is 6. The number of rotatable bonds is 5. The molecular weight excluding hydrogens is 334 g/mol. The van der Waals surface area contributed by atoms with Crippen LogP contribution in [0.4, 0.5) is 5.82 Å². The van der Waals surface area contributed by atoms with Gasteiger partial charge in [0, 0.05) is 35.6 Å². The van der Waals surface area contributed by atoms with Gasteiger partial charge < -0.3 is 15.4 Å². The fourth-order valence-corrected chi connectivity index (χ4v) is 2.72. The summed E-state index contributed by atoms with van der Waals surface area (Å²) in [4.78, 5) is 27.3. The maximum absolute atomic E-state index is 10.8. The summed E-state index contributed by atoms with van der Waals surface area (Å²) in [6, 6.07) is 7.35. The molecule has 0 spiro atoms. The molecule has 9 nitrogen and oxygen atoms in total. The zero-order valence-electron chi connectivity index (χ0n) is 13.8. The van der Waals surface area contributed by atoms with E-state index in [9.17, 15) is 4.79 Å². The molecule has 0 bridgehead atoms. The first-order valence-electron chi connectivity index (χ1n) is 7.90. The van der Waals surface area contributed by atoms with Crippen molar-refractivity contribution in [3.05, 3.63) is 48.7 Å². The highest BCUT2D eigenvalue weighted by atomic mass is 16.4. The van der Waals surface area contributed by atoms with Crippen LogP contribution in [0.5, 0.6) is 0 Å². The molecule has 0 aromatic carbocycles. The number of carboxylic acids is 1. The van der Waals surface area contributed by atoms with Gasteiger partial charge in [-0.25, -0.2) is 19.6 Å². The number of anilines is 1. The number of H-pyrrole nitrogens is 1. The quantitative estimate of drug-likeness (QED) is 0.504. The van der Waals surface area contributed by atoms with Crippen LogP contribution >= 0.6 is 0 Å². The normalized spacial score (nSPS) is 11.0. The van der Waals surface area contributed by atoms with E-state index in [2.05, 4.69) is 30.4 Å². The van der Waals surface area contributed by atoms with Gasteiger partial charge in [0.05, 0.1) is 5.69 Å². The van der Waals surface area contributed by atoms with Crippen LogP contribution in [0.3, 0.4) is 0 Å². The number of hydrogen-bond donors (Lipinski definition) is 3. The second kappa shape index (κ2) is 6.28. The van der Waals surface area contributed by atoms with Gasteiger partial charge in [-0.1, -0.05) is 0 Å². The smallest absolute Gasteiger partial charge is 0.322 e. The van der Waals surface area contributed by atoms with Crippen LogP contribution in [0.15, 0.2) is 42.9 Å². The molecule has 0 aliphatic rings. The molecule has 0 fully saturated rings. The van der Waals surface area contributed by atoms with Crippen LogP contribution in [0.1, 0.15) is 5.82 Å². The van der Waals surface area contributed by atoms with E-state index in [1.54, 1.807) is 23.1 Å².